The van der Waals surface area contributed by atoms with Gasteiger partial charge in [0, 0.05) is 30.5 Å². The summed E-state index contributed by atoms with van der Waals surface area (Å²) in [5.74, 6) is 0. The van der Waals surface area contributed by atoms with Gasteiger partial charge in [-0.15, -0.1) is 0 Å². The van der Waals surface area contributed by atoms with Crippen LogP contribution in [-0.4, -0.2) is 21.1 Å². The van der Waals surface area contributed by atoms with E-state index in [1.54, 1.807) is 23.9 Å². The number of hydrogen-bond acceptors (Lipinski definition) is 4. The fraction of sp³-hybridized carbons (Fsp3) is 0.167. The standard InChI is InChI=1S/C12H11ClN4S/c13-9-1-2-11-10(7-9)16-12(18-11)15-4-6-17-5-3-14-8-17/h1-3,5,7-8H,4,6H2,(H,15,16). The monoisotopic (exact) mass is 278 g/mol. The van der Waals surface area contributed by atoms with E-state index in [-0.39, 0.29) is 0 Å². The van der Waals surface area contributed by atoms with Gasteiger partial charge in [0.2, 0.25) is 0 Å². The largest absolute Gasteiger partial charge is 0.360 e. The molecule has 0 unspecified atom stereocenters. The van der Waals surface area contributed by atoms with Crippen LogP contribution in [0.2, 0.25) is 5.02 Å². The van der Waals surface area contributed by atoms with Crippen LogP contribution in [-0.2, 0) is 6.54 Å². The molecule has 1 N–H and O–H groups in total. The highest BCUT2D eigenvalue weighted by Crippen LogP contribution is 2.27. The SMILES string of the molecule is Clc1ccc2sc(NCCn3ccnc3)nc2c1. The van der Waals surface area contributed by atoms with Crippen molar-refractivity contribution in [3.8, 4) is 0 Å². The third-order valence-electron chi connectivity index (χ3n) is 2.56. The van der Waals surface area contributed by atoms with Crippen molar-refractivity contribution in [2.45, 2.75) is 6.54 Å². The number of fused-ring (bicyclic) bond motifs is 1. The molecular formula is C12H11ClN4S. The fourth-order valence-corrected chi connectivity index (χ4v) is 2.73. The van der Waals surface area contributed by atoms with Gasteiger partial charge < -0.3 is 9.88 Å². The summed E-state index contributed by atoms with van der Waals surface area (Å²) in [6.45, 7) is 1.70. The van der Waals surface area contributed by atoms with Crippen molar-refractivity contribution in [2.24, 2.45) is 0 Å². The van der Waals surface area contributed by atoms with Crippen LogP contribution in [0.4, 0.5) is 5.13 Å². The molecule has 0 spiro atoms. The van der Waals surface area contributed by atoms with E-state index >= 15 is 0 Å². The number of aromatic nitrogens is 3. The van der Waals surface area contributed by atoms with Crippen LogP contribution >= 0.6 is 22.9 Å². The van der Waals surface area contributed by atoms with Gasteiger partial charge in [0.05, 0.1) is 16.5 Å². The molecule has 0 saturated carbocycles. The zero-order valence-corrected chi connectivity index (χ0v) is 11.1. The van der Waals surface area contributed by atoms with Gasteiger partial charge in [0.15, 0.2) is 5.13 Å². The molecule has 18 heavy (non-hydrogen) atoms. The first-order valence-corrected chi connectivity index (χ1v) is 6.76. The molecule has 4 nitrogen and oxygen atoms in total. The van der Waals surface area contributed by atoms with Crippen molar-refractivity contribution >= 4 is 38.3 Å². The summed E-state index contributed by atoms with van der Waals surface area (Å²) in [6.07, 6.45) is 5.53. The summed E-state index contributed by atoms with van der Waals surface area (Å²) < 4.78 is 3.17. The molecule has 0 radical (unpaired) electrons. The van der Waals surface area contributed by atoms with Crippen molar-refractivity contribution in [3.63, 3.8) is 0 Å². The summed E-state index contributed by atoms with van der Waals surface area (Å²) >= 11 is 7.57. The number of nitrogens with one attached hydrogen (secondary N) is 1. The fourth-order valence-electron chi connectivity index (χ4n) is 1.69. The van der Waals surface area contributed by atoms with E-state index in [0.717, 1.165) is 33.5 Å². The Kier molecular flexibility index (Phi) is 3.17. The van der Waals surface area contributed by atoms with Crippen LogP contribution in [0, 0.1) is 0 Å². The predicted octanol–water partition coefficient (Wildman–Crippen LogP) is 3.26. The minimum absolute atomic E-state index is 0.720. The molecule has 0 atom stereocenters. The second kappa shape index (κ2) is 4.96. The van der Waals surface area contributed by atoms with E-state index in [9.17, 15) is 0 Å². The number of imidazole rings is 1. The molecular weight excluding hydrogens is 268 g/mol. The molecule has 0 fully saturated rings. The average Bonchev–Trinajstić information content (AvgIpc) is 2.97. The van der Waals surface area contributed by atoms with Gasteiger partial charge in [-0.2, -0.15) is 0 Å². The Morgan fingerprint density at radius 1 is 1.39 bits per heavy atom. The predicted molar refractivity (Wildman–Crippen MR) is 75.3 cm³/mol. The highest BCUT2D eigenvalue weighted by atomic mass is 35.5. The van der Waals surface area contributed by atoms with E-state index in [1.165, 1.54) is 0 Å². The molecule has 0 aliphatic rings. The van der Waals surface area contributed by atoms with Crippen molar-refractivity contribution in [2.75, 3.05) is 11.9 Å². The van der Waals surface area contributed by atoms with E-state index < -0.39 is 0 Å². The van der Waals surface area contributed by atoms with E-state index in [0.29, 0.717) is 0 Å². The number of benzene rings is 1. The first kappa shape index (κ1) is 11.5. The lowest BCUT2D eigenvalue weighted by molar-refractivity contribution is 0.726. The molecule has 2 heterocycles. The second-order valence-corrected chi connectivity index (χ2v) is 5.33. The molecule has 0 aliphatic carbocycles. The average molecular weight is 279 g/mol. The van der Waals surface area contributed by atoms with Crippen molar-refractivity contribution < 1.29 is 0 Å². The van der Waals surface area contributed by atoms with Gasteiger partial charge >= 0.3 is 0 Å². The van der Waals surface area contributed by atoms with Crippen LogP contribution < -0.4 is 5.32 Å². The van der Waals surface area contributed by atoms with Crippen LogP contribution in [0.15, 0.2) is 36.9 Å². The number of nitrogens with zero attached hydrogens (tertiary/aromatic N) is 3. The van der Waals surface area contributed by atoms with Crippen LogP contribution in [0.5, 0.6) is 0 Å². The second-order valence-electron chi connectivity index (χ2n) is 3.86. The smallest absolute Gasteiger partial charge is 0.183 e. The third kappa shape index (κ3) is 2.47. The van der Waals surface area contributed by atoms with E-state index in [4.69, 9.17) is 11.6 Å². The van der Waals surface area contributed by atoms with Crippen LogP contribution in [0.1, 0.15) is 0 Å². The molecule has 6 heteroatoms. The molecule has 0 aliphatic heterocycles. The molecule has 3 rings (SSSR count). The van der Waals surface area contributed by atoms with Crippen LogP contribution in [0.3, 0.4) is 0 Å². The quantitative estimate of drug-likeness (QED) is 0.796. The van der Waals surface area contributed by atoms with Crippen molar-refractivity contribution in [1.29, 1.82) is 0 Å². The zero-order chi connectivity index (χ0) is 12.4. The summed E-state index contributed by atoms with van der Waals surface area (Å²) in [6, 6.07) is 5.77. The Morgan fingerprint density at radius 2 is 2.33 bits per heavy atom. The highest BCUT2D eigenvalue weighted by molar-refractivity contribution is 7.22. The van der Waals surface area contributed by atoms with Gasteiger partial charge in [-0.3, -0.25) is 0 Å². The van der Waals surface area contributed by atoms with Gasteiger partial charge in [-0.25, -0.2) is 9.97 Å². The molecule has 1 aromatic carbocycles. The summed E-state index contributed by atoms with van der Waals surface area (Å²) in [4.78, 5) is 8.49. The number of halogens is 1. The molecule has 3 aromatic rings. The van der Waals surface area contributed by atoms with Gasteiger partial charge in [0.25, 0.3) is 0 Å². The third-order valence-corrected chi connectivity index (χ3v) is 3.78. The Hall–Kier alpha value is -1.59. The Labute approximate surface area is 113 Å². The minimum atomic E-state index is 0.720. The summed E-state index contributed by atoms with van der Waals surface area (Å²) in [5, 5.41) is 4.95. The lowest BCUT2D eigenvalue weighted by atomic mass is 10.3. The molecule has 0 saturated heterocycles. The Balaban J connectivity index is 1.67. The summed E-state index contributed by atoms with van der Waals surface area (Å²) in [5.41, 5.74) is 0.942. The van der Waals surface area contributed by atoms with Gasteiger partial charge in [-0.1, -0.05) is 22.9 Å². The normalized spacial score (nSPS) is 10.9. The van der Waals surface area contributed by atoms with E-state index in [1.807, 2.05) is 29.0 Å². The topological polar surface area (TPSA) is 42.7 Å². The Morgan fingerprint density at radius 3 is 3.17 bits per heavy atom. The molecule has 0 bridgehead atoms. The summed E-state index contributed by atoms with van der Waals surface area (Å²) in [7, 11) is 0. The van der Waals surface area contributed by atoms with Crippen LogP contribution in [0.25, 0.3) is 10.2 Å². The minimum Gasteiger partial charge on any atom is -0.360 e. The van der Waals surface area contributed by atoms with Crippen molar-refractivity contribution in [1.82, 2.24) is 14.5 Å². The zero-order valence-electron chi connectivity index (χ0n) is 9.51. The first-order valence-electron chi connectivity index (χ1n) is 5.57. The maximum atomic E-state index is 5.93. The highest BCUT2D eigenvalue weighted by Gasteiger charge is 2.03. The lowest BCUT2D eigenvalue weighted by Gasteiger charge is -2.02. The van der Waals surface area contributed by atoms with Gasteiger partial charge in [0.1, 0.15) is 0 Å². The number of anilines is 1. The number of thiazole rings is 1. The maximum absolute atomic E-state index is 5.93. The first-order chi connectivity index (χ1) is 8.81. The molecule has 0 amide bonds. The lowest BCUT2D eigenvalue weighted by Crippen LogP contribution is -2.08. The maximum Gasteiger partial charge on any atom is 0.183 e. The van der Waals surface area contributed by atoms with E-state index in [2.05, 4.69) is 15.3 Å². The van der Waals surface area contributed by atoms with Crippen molar-refractivity contribution in [3.05, 3.63) is 41.9 Å². The molecule has 2 aromatic heterocycles. The molecule has 92 valence electrons. The number of rotatable bonds is 4. The van der Waals surface area contributed by atoms with Gasteiger partial charge in [-0.05, 0) is 18.2 Å². The number of hydrogen-bond donors (Lipinski definition) is 1. The Bertz CT molecular complexity index is 647.